The Labute approximate surface area is 122 Å². The van der Waals surface area contributed by atoms with E-state index in [2.05, 4.69) is 4.98 Å². The summed E-state index contributed by atoms with van der Waals surface area (Å²) < 4.78 is 5.22. The largest absolute Gasteiger partial charge is 0.497 e. The van der Waals surface area contributed by atoms with Gasteiger partial charge in [0.2, 0.25) is 0 Å². The lowest BCUT2D eigenvalue weighted by atomic mass is 10.2. The Morgan fingerprint density at radius 2 is 2.11 bits per heavy atom. The second kappa shape index (κ2) is 6.13. The third-order valence-corrected chi connectivity index (χ3v) is 3.48. The number of hydrogen-bond acceptors (Lipinski definition) is 3. The first kappa shape index (κ1) is 14.0. The van der Waals surface area contributed by atoms with Crippen molar-refractivity contribution in [2.75, 3.05) is 19.1 Å². The Morgan fingerprint density at radius 3 is 2.79 bits per heavy atom. The van der Waals surface area contributed by atoms with E-state index < -0.39 is 0 Å². The number of nitrogens with zero attached hydrogens (tertiary/aromatic N) is 2. The number of halogens is 2. The molecular formula is C14H14Cl2N2O. The number of anilines is 2. The van der Waals surface area contributed by atoms with Crippen LogP contribution in [0.4, 0.5) is 11.5 Å². The lowest BCUT2D eigenvalue weighted by molar-refractivity contribution is 0.415. The lowest BCUT2D eigenvalue weighted by Crippen LogP contribution is -2.11. The highest BCUT2D eigenvalue weighted by Gasteiger charge is 2.09. The third-order valence-electron chi connectivity index (χ3n) is 2.85. The fourth-order valence-corrected chi connectivity index (χ4v) is 2.16. The minimum Gasteiger partial charge on any atom is -0.497 e. The van der Waals surface area contributed by atoms with Crippen LogP contribution in [0.15, 0.2) is 36.5 Å². The summed E-state index contributed by atoms with van der Waals surface area (Å²) >= 11 is 11.9. The molecule has 5 heteroatoms. The summed E-state index contributed by atoms with van der Waals surface area (Å²) in [5.41, 5.74) is 1.85. The number of hydrogen-bond donors (Lipinski definition) is 0. The summed E-state index contributed by atoms with van der Waals surface area (Å²) in [6.07, 6.45) is 1.62. The van der Waals surface area contributed by atoms with Crippen molar-refractivity contribution in [3.63, 3.8) is 0 Å². The van der Waals surface area contributed by atoms with Crippen LogP contribution in [0.2, 0.25) is 5.02 Å². The molecule has 0 saturated carbocycles. The van der Waals surface area contributed by atoms with Crippen LogP contribution in [0.3, 0.4) is 0 Å². The standard InChI is InChI=1S/C14H14Cl2N2O/c1-18(11-4-3-5-12(7-11)19-2)14-6-10(8-15)13(16)9-17-14/h3-7,9H,8H2,1-2H3. The topological polar surface area (TPSA) is 25.4 Å². The molecule has 19 heavy (non-hydrogen) atoms. The maximum absolute atomic E-state index is 6.01. The summed E-state index contributed by atoms with van der Waals surface area (Å²) in [5, 5.41) is 0.581. The van der Waals surface area contributed by atoms with Crippen molar-refractivity contribution < 1.29 is 4.74 Å². The fraction of sp³-hybridized carbons (Fsp3) is 0.214. The summed E-state index contributed by atoms with van der Waals surface area (Å²) in [7, 11) is 3.58. The molecule has 0 fully saturated rings. The van der Waals surface area contributed by atoms with Crippen molar-refractivity contribution in [3.05, 3.63) is 47.1 Å². The number of pyridine rings is 1. The SMILES string of the molecule is COc1cccc(N(C)c2cc(CCl)c(Cl)cn2)c1. The van der Waals surface area contributed by atoms with Gasteiger partial charge in [-0.3, -0.25) is 0 Å². The summed E-state index contributed by atoms with van der Waals surface area (Å²) in [5.74, 6) is 1.95. The minimum atomic E-state index is 0.361. The van der Waals surface area contributed by atoms with Gasteiger partial charge >= 0.3 is 0 Å². The molecule has 0 bridgehead atoms. The van der Waals surface area contributed by atoms with Crippen LogP contribution >= 0.6 is 23.2 Å². The van der Waals surface area contributed by atoms with Gasteiger partial charge in [0.25, 0.3) is 0 Å². The Hall–Kier alpha value is -1.45. The van der Waals surface area contributed by atoms with Crippen molar-refractivity contribution in [1.82, 2.24) is 4.98 Å². The zero-order chi connectivity index (χ0) is 13.8. The first-order valence-corrected chi connectivity index (χ1v) is 6.65. The van der Waals surface area contributed by atoms with Crippen LogP contribution in [0, 0.1) is 0 Å². The van der Waals surface area contributed by atoms with Crippen molar-refractivity contribution in [2.24, 2.45) is 0 Å². The second-order valence-electron chi connectivity index (χ2n) is 4.03. The number of alkyl halides is 1. The van der Waals surface area contributed by atoms with Crippen LogP contribution in [0.25, 0.3) is 0 Å². The first-order valence-electron chi connectivity index (χ1n) is 5.74. The molecule has 0 aliphatic carbocycles. The van der Waals surface area contributed by atoms with Crippen molar-refractivity contribution in [3.8, 4) is 5.75 Å². The van der Waals surface area contributed by atoms with Gasteiger partial charge in [0.1, 0.15) is 11.6 Å². The molecule has 0 aliphatic heterocycles. The average molecular weight is 297 g/mol. The number of ether oxygens (including phenoxy) is 1. The molecule has 0 radical (unpaired) electrons. The molecule has 2 rings (SSSR count). The molecular weight excluding hydrogens is 283 g/mol. The number of aromatic nitrogens is 1. The van der Waals surface area contributed by atoms with E-state index in [4.69, 9.17) is 27.9 Å². The normalized spacial score (nSPS) is 10.3. The molecule has 100 valence electrons. The van der Waals surface area contributed by atoms with E-state index in [0.29, 0.717) is 10.9 Å². The van der Waals surface area contributed by atoms with Crippen LogP contribution in [-0.4, -0.2) is 19.1 Å². The summed E-state index contributed by atoms with van der Waals surface area (Å²) in [6.45, 7) is 0. The Morgan fingerprint density at radius 1 is 1.32 bits per heavy atom. The van der Waals surface area contributed by atoms with Gasteiger partial charge in [-0.1, -0.05) is 17.7 Å². The van der Waals surface area contributed by atoms with Gasteiger partial charge in [0.15, 0.2) is 0 Å². The molecule has 0 saturated heterocycles. The van der Waals surface area contributed by atoms with Gasteiger partial charge in [0, 0.05) is 30.9 Å². The molecule has 0 amide bonds. The highest BCUT2D eigenvalue weighted by Crippen LogP contribution is 2.28. The van der Waals surface area contributed by atoms with Crippen LogP contribution in [0.5, 0.6) is 5.75 Å². The molecule has 0 N–H and O–H groups in total. The Bertz CT molecular complexity index is 575. The molecule has 0 atom stereocenters. The summed E-state index contributed by atoms with van der Waals surface area (Å²) in [6, 6.07) is 9.64. The molecule has 0 unspecified atom stereocenters. The highest BCUT2D eigenvalue weighted by atomic mass is 35.5. The Kier molecular flexibility index (Phi) is 4.51. The van der Waals surface area contributed by atoms with Crippen molar-refractivity contribution in [1.29, 1.82) is 0 Å². The van der Waals surface area contributed by atoms with Crippen molar-refractivity contribution in [2.45, 2.75) is 5.88 Å². The van der Waals surface area contributed by atoms with Gasteiger partial charge < -0.3 is 9.64 Å². The zero-order valence-corrected chi connectivity index (χ0v) is 12.2. The average Bonchev–Trinajstić information content (AvgIpc) is 2.47. The summed E-state index contributed by atoms with van der Waals surface area (Å²) in [4.78, 5) is 6.27. The van der Waals surface area contributed by atoms with Gasteiger partial charge in [-0.25, -0.2) is 4.98 Å². The lowest BCUT2D eigenvalue weighted by Gasteiger charge is -2.19. The Balaban J connectivity index is 2.35. The molecule has 1 aromatic heterocycles. The van der Waals surface area contributed by atoms with Gasteiger partial charge in [-0.05, 0) is 23.8 Å². The number of rotatable bonds is 4. The maximum Gasteiger partial charge on any atom is 0.133 e. The minimum absolute atomic E-state index is 0.361. The van der Waals surface area contributed by atoms with E-state index in [9.17, 15) is 0 Å². The quantitative estimate of drug-likeness (QED) is 0.789. The second-order valence-corrected chi connectivity index (χ2v) is 4.70. The number of benzene rings is 1. The van der Waals surface area contributed by atoms with Crippen LogP contribution in [-0.2, 0) is 5.88 Å². The number of methoxy groups -OCH3 is 1. The molecule has 3 nitrogen and oxygen atoms in total. The zero-order valence-electron chi connectivity index (χ0n) is 10.7. The van der Waals surface area contributed by atoms with E-state index in [1.807, 2.05) is 42.3 Å². The predicted octanol–water partition coefficient (Wildman–Crippen LogP) is 4.25. The van der Waals surface area contributed by atoms with Gasteiger partial charge in [0.05, 0.1) is 12.1 Å². The van der Waals surface area contributed by atoms with Crippen LogP contribution < -0.4 is 9.64 Å². The highest BCUT2D eigenvalue weighted by molar-refractivity contribution is 6.32. The molecule has 2 aromatic rings. The van der Waals surface area contributed by atoms with E-state index in [0.717, 1.165) is 22.8 Å². The van der Waals surface area contributed by atoms with Crippen LogP contribution in [0.1, 0.15) is 5.56 Å². The van der Waals surface area contributed by atoms with E-state index in [1.165, 1.54) is 0 Å². The van der Waals surface area contributed by atoms with E-state index >= 15 is 0 Å². The van der Waals surface area contributed by atoms with Gasteiger partial charge in [-0.15, -0.1) is 11.6 Å². The molecule has 1 heterocycles. The fourth-order valence-electron chi connectivity index (χ4n) is 1.70. The monoisotopic (exact) mass is 296 g/mol. The first-order chi connectivity index (χ1) is 9.15. The molecule has 0 aliphatic rings. The molecule has 0 spiro atoms. The van der Waals surface area contributed by atoms with E-state index in [1.54, 1.807) is 13.3 Å². The predicted molar refractivity (Wildman–Crippen MR) is 79.9 cm³/mol. The molecule has 1 aromatic carbocycles. The van der Waals surface area contributed by atoms with Crippen molar-refractivity contribution >= 4 is 34.7 Å². The maximum atomic E-state index is 6.01. The third kappa shape index (κ3) is 3.11. The van der Waals surface area contributed by atoms with E-state index in [-0.39, 0.29) is 0 Å². The smallest absolute Gasteiger partial charge is 0.133 e. The van der Waals surface area contributed by atoms with Gasteiger partial charge in [-0.2, -0.15) is 0 Å².